The van der Waals surface area contributed by atoms with Gasteiger partial charge in [-0.3, -0.25) is 0 Å². The predicted molar refractivity (Wildman–Crippen MR) is 92.6 cm³/mol. The van der Waals surface area contributed by atoms with Crippen LogP contribution in [0.5, 0.6) is 0 Å². The van der Waals surface area contributed by atoms with Crippen LogP contribution >= 0.6 is 0 Å². The standard InChI is InChI=1S/C20H24O5/c21-12-18-20(24-14-16-9-5-2-6-10-16)17(11-19(22)25-18)23-13-15-7-3-1-4-8-15/h1-10,17-22H,11-14H2/t17-,18-,19-,20+/m0/s1. The SMILES string of the molecule is OC[C@@H]1O[C@H](O)C[C@H](OCc2ccccc2)[C@H]1OCc1ccccc1. The summed E-state index contributed by atoms with van der Waals surface area (Å²) in [6, 6.07) is 19.6. The van der Waals surface area contributed by atoms with Crippen molar-refractivity contribution < 1.29 is 24.4 Å². The second-order valence-corrected chi connectivity index (χ2v) is 6.14. The molecule has 0 saturated carbocycles. The van der Waals surface area contributed by atoms with Gasteiger partial charge in [0.2, 0.25) is 0 Å². The Morgan fingerprint density at radius 2 is 1.44 bits per heavy atom. The number of benzene rings is 2. The lowest BCUT2D eigenvalue weighted by atomic mass is 10.0. The highest BCUT2D eigenvalue weighted by Crippen LogP contribution is 2.26. The maximum absolute atomic E-state index is 9.91. The number of ether oxygens (including phenoxy) is 3. The Bertz CT molecular complexity index is 618. The van der Waals surface area contributed by atoms with Gasteiger partial charge in [-0.1, -0.05) is 60.7 Å². The monoisotopic (exact) mass is 344 g/mol. The summed E-state index contributed by atoms with van der Waals surface area (Å²) in [5, 5.41) is 19.5. The number of rotatable bonds is 7. The van der Waals surface area contributed by atoms with Crippen LogP contribution in [0.3, 0.4) is 0 Å². The van der Waals surface area contributed by atoms with Crippen molar-refractivity contribution >= 4 is 0 Å². The van der Waals surface area contributed by atoms with Crippen LogP contribution in [0.1, 0.15) is 17.5 Å². The zero-order chi connectivity index (χ0) is 17.5. The maximum atomic E-state index is 9.91. The largest absolute Gasteiger partial charge is 0.394 e. The molecule has 0 spiro atoms. The van der Waals surface area contributed by atoms with E-state index in [0.29, 0.717) is 19.6 Å². The smallest absolute Gasteiger partial charge is 0.157 e. The zero-order valence-corrected chi connectivity index (χ0v) is 14.0. The van der Waals surface area contributed by atoms with E-state index in [-0.39, 0.29) is 12.7 Å². The van der Waals surface area contributed by atoms with Crippen molar-refractivity contribution in [2.45, 2.75) is 44.2 Å². The molecule has 2 aromatic rings. The Labute approximate surface area is 147 Å². The molecule has 0 radical (unpaired) electrons. The number of aliphatic hydroxyl groups excluding tert-OH is 2. The number of hydrogen-bond donors (Lipinski definition) is 2. The van der Waals surface area contributed by atoms with Crippen LogP contribution in [-0.2, 0) is 27.4 Å². The summed E-state index contributed by atoms with van der Waals surface area (Å²) in [7, 11) is 0. The normalized spacial score (nSPS) is 26.5. The van der Waals surface area contributed by atoms with Gasteiger partial charge in [0.05, 0.1) is 25.9 Å². The molecular formula is C20H24O5. The van der Waals surface area contributed by atoms with Gasteiger partial charge in [-0.2, -0.15) is 0 Å². The molecule has 0 aromatic heterocycles. The molecular weight excluding hydrogens is 320 g/mol. The van der Waals surface area contributed by atoms with Gasteiger partial charge in [0.15, 0.2) is 6.29 Å². The molecule has 0 aliphatic carbocycles. The average molecular weight is 344 g/mol. The minimum Gasteiger partial charge on any atom is -0.394 e. The Morgan fingerprint density at radius 3 is 2.00 bits per heavy atom. The number of hydrogen-bond acceptors (Lipinski definition) is 5. The lowest BCUT2D eigenvalue weighted by Crippen LogP contribution is -2.52. The van der Waals surface area contributed by atoms with Gasteiger partial charge >= 0.3 is 0 Å². The van der Waals surface area contributed by atoms with Gasteiger partial charge in [0, 0.05) is 6.42 Å². The summed E-state index contributed by atoms with van der Waals surface area (Å²) >= 11 is 0. The van der Waals surface area contributed by atoms with E-state index >= 15 is 0 Å². The van der Waals surface area contributed by atoms with Crippen LogP contribution in [-0.4, -0.2) is 41.4 Å². The molecule has 1 aliphatic heterocycles. The molecule has 0 bridgehead atoms. The third-order valence-corrected chi connectivity index (χ3v) is 4.27. The quantitative estimate of drug-likeness (QED) is 0.806. The fraction of sp³-hybridized carbons (Fsp3) is 0.400. The van der Waals surface area contributed by atoms with E-state index in [4.69, 9.17) is 14.2 Å². The first kappa shape index (κ1) is 18.0. The van der Waals surface area contributed by atoms with Gasteiger partial charge in [-0.25, -0.2) is 0 Å². The molecule has 5 heteroatoms. The van der Waals surface area contributed by atoms with Crippen molar-refractivity contribution in [3.8, 4) is 0 Å². The van der Waals surface area contributed by atoms with E-state index in [1.165, 1.54) is 0 Å². The third kappa shape index (κ3) is 5.11. The van der Waals surface area contributed by atoms with Crippen molar-refractivity contribution in [3.05, 3.63) is 71.8 Å². The Morgan fingerprint density at radius 1 is 0.880 bits per heavy atom. The highest BCUT2D eigenvalue weighted by Gasteiger charge is 2.39. The zero-order valence-electron chi connectivity index (χ0n) is 14.0. The Kier molecular flexibility index (Phi) is 6.55. The fourth-order valence-corrected chi connectivity index (χ4v) is 2.98. The molecule has 2 N–H and O–H groups in total. The van der Waals surface area contributed by atoms with Crippen LogP contribution in [0.15, 0.2) is 60.7 Å². The van der Waals surface area contributed by atoms with Crippen molar-refractivity contribution in [3.63, 3.8) is 0 Å². The molecule has 134 valence electrons. The topological polar surface area (TPSA) is 68.2 Å². The van der Waals surface area contributed by atoms with Crippen LogP contribution in [0.4, 0.5) is 0 Å². The summed E-state index contributed by atoms with van der Waals surface area (Å²) in [6.07, 6.45) is -2.08. The highest BCUT2D eigenvalue weighted by atomic mass is 16.6. The highest BCUT2D eigenvalue weighted by molar-refractivity contribution is 5.14. The second-order valence-electron chi connectivity index (χ2n) is 6.14. The summed E-state index contributed by atoms with van der Waals surface area (Å²) in [5.41, 5.74) is 2.08. The summed E-state index contributed by atoms with van der Waals surface area (Å²) in [5.74, 6) is 0. The first-order valence-corrected chi connectivity index (χ1v) is 8.51. The third-order valence-electron chi connectivity index (χ3n) is 4.27. The van der Waals surface area contributed by atoms with Crippen molar-refractivity contribution in [1.82, 2.24) is 0 Å². The molecule has 1 fully saturated rings. The average Bonchev–Trinajstić information content (AvgIpc) is 2.66. The van der Waals surface area contributed by atoms with Gasteiger partial charge < -0.3 is 24.4 Å². The van der Waals surface area contributed by atoms with Gasteiger partial charge in [0.25, 0.3) is 0 Å². The van der Waals surface area contributed by atoms with Gasteiger partial charge in [-0.15, -0.1) is 0 Å². The molecule has 1 saturated heterocycles. The number of aliphatic hydroxyl groups is 2. The van der Waals surface area contributed by atoms with E-state index in [9.17, 15) is 10.2 Å². The maximum Gasteiger partial charge on any atom is 0.157 e. The van der Waals surface area contributed by atoms with Gasteiger partial charge in [0.1, 0.15) is 12.2 Å². The van der Waals surface area contributed by atoms with Crippen LogP contribution < -0.4 is 0 Å². The summed E-state index contributed by atoms with van der Waals surface area (Å²) < 4.78 is 17.4. The molecule has 5 nitrogen and oxygen atoms in total. The molecule has 1 heterocycles. The molecule has 2 aromatic carbocycles. The van der Waals surface area contributed by atoms with E-state index < -0.39 is 18.5 Å². The second kappa shape index (κ2) is 9.08. The molecule has 25 heavy (non-hydrogen) atoms. The van der Waals surface area contributed by atoms with Crippen molar-refractivity contribution in [1.29, 1.82) is 0 Å². The molecule has 0 amide bonds. The van der Waals surface area contributed by atoms with Crippen LogP contribution in [0.25, 0.3) is 0 Å². The summed E-state index contributed by atoms with van der Waals surface area (Å²) in [6.45, 7) is 0.579. The molecule has 4 atom stereocenters. The molecule has 3 rings (SSSR count). The van der Waals surface area contributed by atoms with Gasteiger partial charge in [-0.05, 0) is 11.1 Å². The van der Waals surface area contributed by atoms with Crippen molar-refractivity contribution in [2.75, 3.05) is 6.61 Å². The van der Waals surface area contributed by atoms with E-state index in [0.717, 1.165) is 11.1 Å². The summed E-state index contributed by atoms with van der Waals surface area (Å²) in [4.78, 5) is 0. The lowest BCUT2D eigenvalue weighted by molar-refractivity contribution is -0.262. The van der Waals surface area contributed by atoms with E-state index in [1.54, 1.807) is 0 Å². The van der Waals surface area contributed by atoms with E-state index in [2.05, 4.69) is 0 Å². The van der Waals surface area contributed by atoms with Crippen molar-refractivity contribution in [2.24, 2.45) is 0 Å². The fourth-order valence-electron chi connectivity index (χ4n) is 2.98. The molecule has 0 unspecified atom stereocenters. The van der Waals surface area contributed by atoms with E-state index in [1.807, 2.05) is 60.7 Å². The first-order valence-electron chi connectivity index (χ1n) is 8.51. The minimum absolute atomic E-state index is 0.234. The minimum atomic E-state index is -0.963. The predicted octanol–water partition coefficient (Wildman–Crippen LogP) is 2.26. The Balaban J connectivity index is 1.65. The lowest BCUT2D eigenvalue weighted by Gasteiger charge is -2.39. The van der Waals surface area contributed by atoms with Crippen LogP contribution in [0, 0.1) is 0 Å². The van der Waals surface area contributed by atoms with Crippen LogP contribution in [0.2, 0.25) is 0 Å². The Hall–Kier alpha value is -1.76. The molecule has 1 aliphatic rings. The first-order chi connectivity index (χ1) is 12.3.